The van der Waals surface area contributed by atoms with Gasteiger partial charge in [0.2, 0.25) is 5.91 Å². The molecule has 1 amide bonds. The van der Waals surface area contributed by atoms with Gasteiger partial charge in [-0.3, -0.25) is 4.79 Å². The molecule has 0 saturated carbocycles. The number of carbonyl (C=O) groups excluding carboxylic acids is 1. The Morgan fingerprint density at radius 3 is 1.39 bits per heavy atom. The van der Waals surface area contributed by atoms with Gasteiger partial charge in [0, 0.05) is 13.5 Å². The summed E-state index contributed by atoms with van der Waals surface area (Å²) >= 11 is 0. The number of nitrogens with two attached hydrogens (primary N) is 1. The van der Waals surface area contributed by atoms with Crippen LogP contribution in [0.4, 0.5) is 0 Å². The van der Waals surface area contributed by atoms with Gasteiger partial charge in [-0.1, -0.05) is 0 Å². The molecule has 0 aromatic rings. The fraction of sp³-hybridized carbons (Fsp3) is 0.977. The van der Waals surface area contributed by atoms with Gasteiger partial charge in [0.1, 0.15) is 140 Å². The Bertz CT molecular complexity index is 1720. The minimum absolute atomic E-state index is 0.111. The molecule has 6 fully saturated rings. The average molecular weight is 1100 g/mol. The summed E-state index contributed by atoms with van der Waals surface area (Å²) in [6, 6.07) is -1.78. The highest BCUT2D eigenvalue weighted by molar-refractivity contribution is 5.73. The number of carbonyl (C=O) groups is 1. The van der Waals surface area contributed by atoms with E-state index in [0.717, 1.165) is 13.3 Å². The summed E-state index contributed by atoms with van der Waals surface area (Å²) in [6.07, 6.45) is -51.2. The Hall–Kier alpha value is -1.73. The molecule has 0 aromatic carbocycles. The first-order valence-electron chi connectivity index (χ1n) is 24.7. The maximum Gasteiger partial charge on any atom is 0.217 e. The summed E-state index contributed by atoms with van der Waals surface area (Å²) < 4.78 is 69.1. The number of aliphatic hydroxyl groups excluding tert-OH is 17. The van der Waals surface area contributed by atoms with Gasteiger partial charge in [-0.05, 0) is 32.7 Å². The van der Waals surface area contributed by atoms with Crippen LogP contribution in [0.3, 0.4) is 0 Å². The van der Waals surface area contributed by atoms with Gasteiger partial charge in [-0.25, -0.2) is 0 Å². The lowest BCUT2D eigenvalue weighted by Crippen LogP contribution is -2.70. The monoisotopic (exact) mass is 1100 g/mol. The molecular weight excluding hydrogens is 1020 g/mol. The van der Waals surface area contributed by atoms with Crippen molar-refractivity contribution in [2.24, 2.45) is 5.73 Å². The highest BCUT2D eigenvalue weighted by atomic mass is 16.8. The second-order valence-corrected chi connectivity index (χ2v) is 19.2. The van der Waals surface area contributed by atoms with Crippen molar-refractivity contribution in [2.75, 3.05) is 46.2 Å². The number of aliphatic hydroxyl groups is 17. The van der Waals surface area contributed by atoms with Crippen LogP contribution in [0.1, 0.15) is 33.1 Å². The summed E-state index contributed by atoms with van der Waals surface area (Å²) in [5, 5.41) is 186. The summed E-state index contributed by atoms with van der Waals surface area (Å²) in [4.78, 5) is 12.8. The van der Waals surface area contributed by atoms with E-state index in [4.69, 9.17) is 62.6 Å². The van der Waals surface area contributed by atoms with E-state index >= 15 is 0 Å². The minimum atomic E-state index is -2.21. The Labute approximate surface area is 428 Å². The Morgan fingerprint density at radius 2 is 0.827 bits per heavy atom. The molecule has 0 radical (unpaired) electrons. The van der Waals surface area contributed by atoms with Gasteiger partial charge >= 0.3 is 0 Å². The minimum Gasteiger partial charge on any atom is -0.394 e. The third-order valence-electron chi connectivity index (χ3n) is 13.9. The molecule has 0 spiro atoms. The summed E-state index contributed by atoms with van der Waals surface area (Å²) in [5.74, 6) is -0.858. The van der Waals surface area contributed by atoms with Gasteiger partial charge < -0.3 is 155 Å². The molecule has 0 aromatic heterocycles. The predicted molar refractivity (Wildman–Crippen MR) is 236 cm³/mol. The molecule has 32 heteroatoms. The molecule has 438 valence electrons. The van der Waals surface area contributed by atoms with Crippen LogP contribution in [0.15, 0.2) is 0 Å². The first kappa shape index (κ1) is 62.5. The van der Waals surface area contributed by atoms with Crippen LogP contribution >= 0.6 is 0 Å². The summed E-state index contributed by atoms with van der Waals surface area (Å²) in [7, 11) is 0. The van der Waals surface area contributed by atoms with Crippen LogP contribution in [0.25, 0.3) is 0 Å². The zero-order valence-electron chi connectivity index (χ0n) is 40.9. The standard InChI is InChI=1S/C43H76N2O30/c1-13-21(52)25(56)29(60)40(65-13)75-37-26(57)22(53)15(8-46)68-43(37)73-35-20(45-14(2)51)38(66-16(9-47)23(35)54)74-36-24(55)17(10-48)67-42(32(36)63)72-34-19(12-50)70-41(31(62)28(34)59)71-33-18(11-49)69-39(30(61)27(33)58)64-7-5-3-4-6-44/h13,15-43,46-50,52-63H,3-12,44H2,1-2H3,(H,45,51)/t13?,15?,16?,17?,18?,19?,20-,21+,22-,23-,24-,25?,26?,27?,28?,29-,30?,31?,32?,33+,34-,35?,36-,37-,38-,39+,40-,41-,42+,43-/m0/s1. The second-order valence-electron chi connectivity index (χ2n) is 19.2. The zero-order chi connectivity index (χ0) is 55.2. The van der Waals surface area contributed by atoms with Crippen molar-refractivity contribution in [1.29, 1.82) is 0 Å². The molecule has 75 heavy (non-hydrogen) atoms. The molecule has 6 saturated heterocycles. The van der Waals surface area contributed by atoms with E-state index in [1.807, 2.05) is 0 Å². The largest absolute Gasteiger partial charge is 0.394 e. The summed E-state index contributed by atoms with van der Waals surface area (Å²) in [5.41, 5.74) is 5.51. The van der Waals surface area contributed by atoms with Crippen molar-refractivity contribution in [1.82, 2.24) is 5.32 Å². The Morgan fingerprint density at radius 1 is 0.413 bits per heavy atom. The second kappa shape index (κ2) is 28.1. The Kier molecular flexibility index (Phi) is 23.4. The lowest BCUT2D eigenvalue weighted by Gasteiger charge is -2.51. The predicted octanol–water partition coefficient (Wildman–Crippen LogP) is -11.8. The van der Waals surface area contributed by atoms with Crippen LogP contribution in [0.2, 0.25) is 0 Å². The molecule has 6 aliphatic heterocycles. The third-order valence-corrected chi connectivity index (χ3v) is 13.9. The van der Waals surface area contributed by atoms with Crippen LogP contribution in [-0.2, 0) is 61.6 Å². The number of hydrogen-bond donors (Lipinski definition) is 19. The maximum absolute atomic E-state index is 12.8. The van der Waals surface area contributed by atoms with Crippen LogP contribution in [-0.4, -0.2) is 323 Å². The quantitative estimate of drug-likeness (QED) is 0.0448. The highest BCUT2D eigenvalue weighted by Crippen LogP contribution is 2.37. The van der Waals surface area contributed by atoms with E-state index in [1.165, 1.54) is 6.92 Å². The molecule has 30 atom stereocenters. The van der Waals surface area contributed by atoms with Crippen molar-refractivity contribution < 1.29 is 148 Å². The van der Waals surface area contributed by atoms with Crippen molar-refractivity contribution in [3.8, 4) is 0 Å². The van der Waals surface area contributed by atoms with Gasteiger partial charge in [-0.2, -0.15) is 0 Å². The van der Waals surface area contributed by atoms with Gasteiger partial charge in [-0.15, -0.1) is 0 Å². The molecule has 6 rings (SSSR count). The van der Waals surface area contributed by atoms with Crippen molar-refractivity contribution in [2.45, 2.75) is 217 Å². The fourth-order valence-electron chi connectivity index (χ4n) is 9.59. The number of ether oxygens (including phenoxy) is 12. The number of nitrogens with one attached hydrogen (secondary N) is 1. The summed E-state index contributed by atoms with van der Waals surface area (Å²) in [6.45, 7) is -1.86. The molecule has 6 aliphatic rings. The number of unbranched alkanes of at least 4 members (excludes halogenated alkanes) is 2. The topological polar surface area (TPSA) is 510 Å². The number of amides is 1. The lowest BCUT2D eigenvalue weighted by atomic mass is 9.94. The molecule has 20 N–H and O–H groups in total. The molecule has 6 heterocycles. The van der Waals surface area contributed by atoms with Crippen molar-refractivity contribution in [3.63, 3.8) is 0 Å². The molecular formula is C43H76N2O30. The normalized spacial score (nSPS) is 48.9. The van der Waals surface area contributed by atoms with Gasteiger partial charge in [0.05, 0.1) is 39.1 Å². The molecule has 14 unspecified atom stereocenters. The SMILES string of the molecule is CC(=O)N[C@H]1C(O[C@@H]2OC(CO)[C@H](O)C(O)[C@@H]2O[C@@H]2OC(C)[C@@H](O)C(O)[C@@H]2O)[C@@H](O)C(CO)O[C@H]1O[C@@H]1C(O)[C@@H](O[C@H]2C(CO)O[C@@H](O[C@@H]3C(CO)O[C@@H](OCCCCCN)C(O)C3O)C(O)C2O)OC(CO)[C@@H]1O. The van der Waals surface area contributed by atoms with E-state index < -0.39 is 223 Å². The number of rotatable bonds is 22. The van der Waals surface area contributed by atoms with E-state index in [2.05, 4.69) is 5.32 Å². The van der Waals surface area contributed by atoms with Gasteiger partial charge in [0.15, 0.2) is 37.7 Å². The van der Waals surface area contributed by atoms with Gasteiger partial charge in [0.25, 0.3) is 0 Å². The van der Waals surface area contributed by atoms with Crippen LogP contribution < -0.4 is 11.1 Å². The zero-order valence-corrected chi connectivity index (χ0v) is 40.9. The van der Waals surface area contributed by atoms with Crippen molar-refractivity contribution >= 4 is 5.91 Å². The van der Waals surface area contributed by atoms with Crippen LogP contribution in [0, 0.1) is 0 Å². The molecule has 0 aliphatic carbocycles. The van der Waals surface area contributed by atoms with E-state index in [-0.39, 0.29) is 6.61 Å². The first-order chi connectivity index (χ1) is 35.7. The molecule has 0 bridgehead atoms. The average Bonchev–Trinajstić information content (AvgIpc) is 3.39. The maximum atomic E-state index is 12.8. The number of hydrogen-bond acceptors (Lipinski definition) is 31. The fourth-order valence-corrected chi connectivity index (χ4v) is 9.59. The van der Waals surface area contributed by atoms with Crippen LogP contribution in [0.5, 0.6) is 0 Å². The third kappa shape index (κ3) is 14.1. The van der Waals surface area contributed by atoms with E-state index in [1.54, 1.807) is 0 Å². The lowest BCUT2D eigenvalue weighted by molar-refractivity contribution is -0.393. The highest BCUT2D eigenvalue weighted by Gasteiger charge is 2.58. The van der Waals surface area contributed by atoms with E-state index in [0.29, 0.717) is 19.4 Å². The molecule has 32 nitrogen and oxygen atoms in total. The Balaban J connectivity index is 1.20. The smallest absolute Gasteiger partial charge is 0.217 e. The first-order valence-corrected chi connectivity index (χ1v) is 24.7. The van der Waals surface area contributed by atoms with Crippen molar-refractivity contribution in [3.05, 3.63) is 0 Å². The van der Waals surface area contributed by atoms with E-state index in [9.17, 15) is 91.6 Å².